The first kappa shape index (κ1) is 20.3. The molecule has 0 aliphatic heterocycles. The van der Waals surface area contributed by atoms with E-state index in [0.717, 1.165) is 17.1 Å². The average Bonchev–Trinajstić information content (AvgIpc) is 2.67. The molecular weight excluding hydrogens is 340 g/mol. The fraction of sp³-hybridized carbons (Fsp3) is 0.364. The molecule has 142 valence electrons. The number of ether oxygens (including phenoxy) is 2. The highest BCUT2D eigenvalue weighted by molar-refractivity contribution is 5.77. The molecule has 5 heteroatoms. The summed E-state index contributed by atoms with van der Waals surface area (Å²) in [7, 11) is 0. The van der Waals surface area contributed by atoms with Crippen LogP contribution in [0.4, 0.5) is 0 Å². The molecule has 5 nitrogen and oxygen atoms in total. The topological polar surface area (TPSA) is 71.3 Å². The Morgan fingerprint density at radius 2 is 1.78 bits per heavy atom. The Labute approximate surface area is 160 Å². The van der Waals surface area contributed by atoms with Gasteiger partial charge in [0.15, 0.2) is 0 Å². The van der Waals surface area contributed by atoms with Crippen LogP contribution >= 0.6 is 0 Å². The number of hydrogen-bond acceptors (Lipinski definition) is 4. The third-order valence-electron chi connectivity index (χ3n) is 4.05. The van der Waals surface area contributed by atoms with Crippen LogP contribution in [0.3, 0.4) is 0 Å². The van der Waals surface area contributed by atoms with Crippen molar-refractivity contribution in [3.8, 4) is 17.6 Å². The number of amides is 1. The number of carbonyl (C=O) groups is 1. The van der Waals surface area contributed by atoms with Gasteiger partial charge in [-0.2, -0.15) is 5.26 Å². The van der Waals surface area contributed by atoms with E-state index < -0.39 is 0 Å². The number of benzene rings is 2. The number of para-hydroxylation sites is 1. The summed E-state index contributed by atoms with van der Waals surface area (Å²) in [5.74, 6) is 1.87. The van der Waals surface area contributed by atoms with Crippen LogP contribution in [0.1, 0.15) is 37.3 Å². The Morgan fingerprint density at radius 3 is 2.48 bits per heavy atom. The highest BCUT2D eigenvalue weighted by Gasteiger charge is 2.06. The van der Waals surface area contributed by atoms with Gasteiger partial charge in [0, 0.05) is 6.54 Å². The summed E-state index contributed by atoms with van der Waals surface area (Å²) in [6, 6.07) is 17.7. The second-order valence-corrected chi connectivity index (χ2v) is 6.47. The SMILES string of the molecule is CC(C)c1ccccc1OCCOc1ccc(CCNC(=O)CC#N)cc1. The second kappa shape index (κ2) is 10.9. The normalized spacial score (nSPS) is 10.3. The molecule has 0 saturated carbocycles. The maximum atomic E-state index is 11.2. The molecule has 2 aromatic rings. The molecule has 1 N–H and O–H groups in total. The number of hydrogen-bond donors (Lipinski definition) is 1. The lowest BCUT2D eigenvalue weighted by atomic mass is 10.0. The van der Waals surface area contributed by atoms with E-state index in [-0.39, 0.29) is 12.3 Å². The molecule has 1 amide bonds. The maximum Gasteiger partial charge on any atom is 0.234 e. The van der Waals surface area contributed by atoms with Crippen LogP contribution in [0, 0.1) is 11.3 Å². The smallest absolute Gasteiger partial charge is 0.234 e. The van der Waals surface area contributed by atoms with Gasteiger partial charge in [-0.1, -0.05) is 44.2 Å². The first-order chi connectivity index (χ1) is 13.1. The van der Waals surface area contributed by atoms with Crippen molar-refractivity contribution in [3.63, 3.8) is 0 Å². The van der Waals surface area contributed by atoms with Crippen LogP contribution in [0.15, 0.2) is 48.5 Å². The summed E-state index contributed by atoms with van der Waals surface area (Å²) >= 11 is 0. The highest BCUT2D eigenvalue weighted by Crippen LogP contribution is 2.25. The number of carbonyl (C=O) groups excluding carboxylic acids is 1. The number of nitrogens with one attached hydrogen (secondary N) is 1. The zero-order valence-corrected chi connectivity index (χ0v) is 15.9. The molecule has 0 radical (unpaired) electrons. The molecule has 0 aromatic heterocycles. The predicted molar refractivity (Wildman–Crippen MR) is 105 cm³/mol. The van der Waals surface area contributed by atoms with Gasteiger partial charge in [0.05, 0.1) is 6.07 Å². The van der Waals surface area contributed by atoms with Gasteiger partial charge in [-0.15, -0.1) is 0 Å². The summed E-state index contributed by atoms with van der Waals surface area (Å²) in [6.07, 6.45) is 0.614. The third-order valence-corrected chi connectivity index (χ3v) is 4.05. The van der Waals surface area contributed by atoms with Gasteiger partial charge in [0.25, 0.3) is 0 Å². The summed E-state index contributed by atoms with van der Waals surface area (Å²) in [6.45, 7) is 5.76. The van der Waals surface area contributed by atoms with Crippen molar-refractivity contribution in [2.75, 3.05) is 19.8 Å². The maximum absolute atomic E-state index is 11.2. The van der Waals surface area contributed by atoms with Crippen LogP contribution in [0.25, 0.3) is 0 Å². The Balaban J connectivity index is 1.71. The average molecular weight is 366 g/mol. The molecule has 2 rings (SSSR count). The van der Waals surface area contributed by atoms with Crippen LogP contribution in [0.5, 0.6) is 11.5 Å². The molecule has 2 aromatic carbocycles. The molecule has 0 bridgehead atoms. The van der Waals surface area contributed by atoms with Crippen molar-refractivity contribution in [1.82, 2.24) is 5.32 Å². The third kappa shape index (κ3) is 7.02. The van der Waals surface area contributed by atoms with Gasteiger partial charge in [-0.05, 0) is 41.7 Å². The molecule has 0 unspecified atom stereocenters. The van der Waals surface area contributed by atoms with Gasteiger partial charge in [-0.25, -0.2) is 0 Å². The fourth-order valence-corrected chi connectivity index (χ4v) is 2.63. The number of nitrogens with zero attached hydrogens (tertiary/aromatic N) is 1. The zero-order valence-electron chi connectivity index (χ0n) is 15.9. The van der Waals surface area contributed by atoms with E-state index in [0.29, 0.717) is 32.1 Å². The van der Waals surface area contributed by atoms with Gasteiger partial charge in [-0.3, -0.25) is 4.79 Å². The van der Waals surface area contributed by atoms with Crippen molar-refractivity contribution < 1.29 is 14.3 Å². The molecule has 0 atom stereocenters. The van der Waals surface area contributed by atoms with E-state index in [2.05, 4.69) is 25.2 Å². The van der Waals surface area contributed by atoms with Crippen molar-refractivity contribution >= 4 is 5.91 Å². The summed E-state index contributed by atoms with van der Waals surface area (Å²) in [5.41, 5.74) is 2.30. The van der Waals surface area contributed by atoms with Crippen molar-refractivity contribution in [3.05, 3.63) is 59.7 Å². The van der Waals surface area contributed by atoms with Crippen LogP contribution in [-0.2, 0) is 11.2 Å². The van der Waals surface area contributed by atoms with E-state index in [1.54, 1.807) is 0 Å². The second-order valence-electron chi connectivity index (χ2n) is 6.47. The molecule has 0 heterocycles. The quantitative estimate of drug-likeness (QED) is 0.649. The molecule has 27 heavy (non-hydrogen) atoms. The lowest BCUT2D eigenvalue weighted by Crippen LogP contribution is -2.24. The largest absolute Gasteiger partial charge is 0.490 e. The fourth-order valence-electron chi connectivity index (χ4n) is 2.63. The van der Waals surface area contributed by atoms with Gasteiger partial charge in [0.1, 0.15) is 31.1 Å². The minimum atomic E-state index is -0.239. The van der Waals surface area contributed by atoms with Gasteiger partial charge in [0.2, 0.25) is 5.91 Å². The van der Waals surface area contributed by atoms with Crippen LogP contribution in [-0.4, -0.2) is 25.7 Å². The summed E-state index contributed by atoms with van der Waals surface area (Å²) in [5, 5.41) is 11.1. The molecule has 0 fully saturated rings. The lowest BCUT2D eigenvalue weighted by molar-refractivity contribution is -0.120. The van der Waals surface area contributed by atoms with E-state index in [1.165, 1.54) is 5.56 Å². The molecular formula is C22H26N2O3. The van der Waals surface area contributed by atoms with Gasteiger partial charge >= 0.3 is 0 Å². The van der Waals surface area contributed by atoms with Crippen LogP contribution in [0.2, 0.25) is 0 Å². The minimum absolute atomic E-state index is 0.101. The van der Waals surface area contributed by atoms with E-state index in [1.807, 2.05) is 48.5 Å². The van der Waals surface area contributed by atoms with Crippen LogP contribution < -0.4 is 14.8 Å². The zero-order chi connectivity index (χ0) is 19.5. The molecule has 0 saturated heterocycles. The van der Waals surface area contributed by atoms with Crippen molar-refractivity contribution in [1.29, 1.82) is 5.26 Å². The summed E-state index contributed by atoms with van der Waals surface area (Å²) < 4.78 is 11.6. The number of rotatable bonds is 10. The molecule has 0 spiro atoms. The highest BCUT2D eigenvalue weighted by atomic mass is 16.5. The van der Waals surface area contributed by atoms with E-state index in [4.69, 9.17) is 14.7 Å². The molecule has 0 aliphatic carbocycles. The Morgan fingerprint density at radius 1 is 1.07 bits per heavy atom. The first-order valence-corrected chi connectivity index (χ1v) is 9.17. The Kier molecular flexibility index (Phi) is 8.18. The predicted octanol–water partition coefficient (Wildman–Crippen LogP) is 3.84. The Bertz CT molecular complexity index is 764. The minimum Gasteiger partial charge on any atom is -0.490 e. The summed E-state index contributed by atoms with van der Waals surface area (Å²) in [4.78, 5) is 11.2. The number of nitriles is 1. The first-order valence-electron chi connectivity index (χ1n) is 9.17. The van der Waals surface area contributed by atoms with Crippen molar-refractivity contribution in [2.45, 2.75) is 32.6 Å². The molecule has 0 aliphatic rings. The standard InChI is InChI=1S/C22H26N2O3/c1-17(2)20-5-3-4-6-21(20)27-16-15-26-19-9-7-18(8-10-19)12-14-24-22(25)11-13-23/h3-10,17H,11-12,14-16H2,1-2H3,(H,24,25). The van der Waals surface area contributed by atoms with Crippen molar-refractivity contribution in [2.24, 2.45) is 0 Å². The van der Waals surface area contributed by atoms with E-state index >= 15 is 0 Å². The Hall–Kier alpha value is -3.00. The van der Waals surface area contributed by atoms with Gasteiger partial charge < -0.3 is 14.8 Å². The monoisotopic (exact) mass is 366 g/mol. The lowest BCUT2D eigenvalue weighted by Gasteiger charge is -2.14. The van der Waals surface area contributed by atoms with E-state index in [9.17, 15) is 4.79 Å².